The fourth-order valence-corrected chi connectivity index (χ4v) is 9.94. The van der Waals surface area contributed by atoms with Gasteiger partial charge in [0.05, 0.1) is 12.2 Å². The second-order valence-electron chi connectivity index (χ2n) is 13.4. The predicted molar refractivity (Wildman–Crippen MR) is 130 cm³/mol. The third-order valence-corrected chi connectivity index (χ3v) is 11.9. The summed E-state index contributed by atoms with van der Waals surface area (Å²) in [5, 5.41) is 21.5. The van der Waals surface area contributed by atoms with Gasteiger partial charge in [-0.1, -0.05) is 54.4 Å². The Hall–Kier alpha value is -0.0800. The largest absolute Gasteiger partial charge is 0.393 e. The molecule has 2 heteroatoms. The first-order valence-electron chi connectivity index (χ1n) is 14.0. The van der Waals surface area contributed by atoms with Crippen molar-refractivity contribution in [3.63, 3.8) is 0 Å². The fraction of sp³-hybridized carbons (Fsp3) is 1.00. The second-order valence-corrected chi connectivity index (χ2v) is 13.4. The number of aliphatic hydroxyl groups is 2. The number of hydrogen-bond donors (Lipinski definition) is 2. The van der Waals surface area contributed by atoms with Crippen molar-refractivity contribution in [1.82, 2.24) is 0 Å². The first kappa shape index (κ1) is 24.1. The van der Waals surface area contributed by atoms with Crippen LogP contribution in [0, 0.1) is 58.2 Å². The summed E-state index contributed by atoms with van der Waals surface area (Å²) in [7, 11) is 0. The third-order valence-electron chi connectivity index (χ3n) is 11.9. The van der Waals surface area contributed by atoms with Crippen molar-refractivity contribution in [2.24, 2.45) is 58.2 Å². The van der Waals surface area contributed by atoms with E-state index in [2.05, 4.69) is 41.5 Å². The lowest BCUT2D eigenvalue weighted by Gasteiger charge is -2.62. The summed E-state index contributed by atoms with van der Waals surface area (Å²) in [6, 6.07) is 0. The van der Waals surface area contributed by atoms with Gasteiger partial charge < -0.3 is 10.2 Å². The summed E-state index contributed by atoms with van der Waals surface area (Å²) in [5.74, 6) is 6.01. The molecule has 2 nitrogen and oxygen atoms in total. The Morgan fingerprint density at radius 2 is 1.48 bits per heavy atom. The molecule has 0 spiro atoms. The molecule has 4 saturated carbocycles. The maximum Gasteiger partial charge on any atom is 0.0577 e. The summed E-state index contributed by atoms with van der Waals surface area (Å²) in [6.45, 7) is 14.9. The van der Waals surface area contributed by atoms with Crippen molar-refractivity contribution in [1.29, 1.82) is 0 Å². The van der Waals surface area contributed by atoms with Gasteiger partial charge in [-0.2, -0.15) is 0 Å². The van der Waals surface area contributed by atoms with E-state index in [1.165, 1.54) is 44.9 Å². The van der Waals surface area contributed by atoms with Crippen LogP contribution in [-0.2, 0) is 0 Å². The van der Waals surface area contributed by atoms with E-state index in [-0.39, 0.29) is 17.6 Å². The zero-order chi connectivity index (χ0) is 22.6. The van der Waals surface area contributed by atoms with Crippen molar-refractivity contribution < 1.29 is 10.2 Å². The van der Waals surface area contributed by atoms with Crippen LogP contribution in [0.4, 0.5) is 0 Å². The van der Waals surface area contributed by atoms with Crippen LogP contribution in [0.2, 0.25) is 0 Å². The molecule has 4 fully saturated rings. The quantitative estimate of drug-likeness (QED) is 0.471. The summed E-state index contributed by atoms with van der Waals surface area (Å²) < 4.78 is 0. The molecular weight excluding hydrogens is 380 g/mol. The first-order valence-corrected chi connectivity index (χ1v) is 14.0. The molecule has 2 N–H and O–H groups in total. The molecule has 4 rings (SSSR count). The number of fused-ring (bicyclic) bond motifs is 5. The molecule has 180 valence electrons. The van der Waals surface area contributed by atoms with Crippen molar-refractivity contribution in [3.8, 4) is 0 Å². The van der Waals surface area contributed by atoms with E-state index < -0.39 is 0 Å². The van der Waals surface area contributed by atoms with E-state index >= 15 is 0 Å². The van der Waals surface area contributed by atoms with Crippen molar-refractivity contribution in [2.75, 3.05) is 0 Å². The third kappa shape index (κ3) is 4.05. The summed E-state index contributed by atoms with van der Waals surface area (Å²) in [4.78, 5) is 0. The maximum atomic E-state index is 11.2. The minimum absolute atomic E-state index is 0.187. The van der Waals surface area contributed by atoms with Gasteiger partial charge in [-0.25, -0.2) is 0 Å². The lowest BCUT2D eigenvalue weighted by Crippen LogP contribution is -2.58. The zero-order valence-corrected chi connectivity index (χ0v) is 21.4. The molecular formula is C29H52O2. The standard InChI is InChI=1S/C29H52O2/c1-7-20(18(2)3)9-8-19(4)23-10-11-24-22-17-27(31)26-16-21(30)12-14-29(26,6)25(22)13-15-28(23,24)5/h18-27,30-31H,7-17H2,1-6H3/t19-,20-,21+,22+,23-,24-,25+,26-,27+,28-,29-/m1/s1. The van der Waals surface area contributed by atoms with Crippen molar-refractivity contribution >= 4 is 0 Å². The molecule has 0 radical (unpaired) electrons. The normalized spacial score (nSPS) is 49.3. The topological polar surface area (TPSA) is 40.5 Å². The lowest BCUT2D eigenvalue weighted by molar-refractivity contribution is -0.172. The van der Waals surface area contributed by atoms with Crippen LogP contribution in [0.5, 0.6) is 0 Å². The Morgan fingerprint density at radius 1 is 0.806 bits per heavy atom. The van der Waals surface area contributed by atoms with Crippen LogP contribution in [0.25, 0.3) is 0 Å². The maximum absolute atomic E-state index is 11.2. The molecule has 0 amide bonds. The van der Waals surface area contributed by atoms with Crippen LogP contribution < -0.4 is 0 Å². The Morgan fingerprint density at radius 3 is 2.16 bits per heavy atom. The van der Waals surface area contributed by atoms with Crippen LogP contribution in [0.1, 0.15) is 112 Å². The molecule has 4 aliphatic carbocycles. The minimum atomic E-state index is -0.198. The highest BCUT2D eigenvalue weighted by molar-refractivity contribution is 5.11. The molecule has 11 atom stereocenters. The predicted octanol–water partition coefficient (Wildman–Crippen LogP) is 7.08. The van der Waals surface area contributed by atoms with Gasteiger partial charge in [0.2, 0.25) is 0 Å². The van der Waals surface area contributed by atoms with Gasteiger partial charge in [0, 0.05) is 0 Å². The van der Waals surface area contributed by atoms with E-state index in [4.69, 9.17) is 0 Å². The van der Waals surface area contributed by atoms with Crippen LogP contribution in [0.15, 0.2) is 0 Å². The Bertz CT molecular complexity index is 616. The first-order chi connectivity index (χ1) is 14.6. The zero-order valence-electron chi connectivity index (χ0n) is 21.4. The average Bonchev–Trinajstić information content (AvgIpc) is 3.07. The van der Waals surface area contributed by atoms with E-state index in [1.54, 1.807) is 0 Å². The van der Waals surface area contributed by atoms with Gasteiger partial charge in [0.15, 0.2) is 0 Å². The summed E-state index contributed by atoms with van der Waals surface area (Å²) in [6.07, 6.45) is 13.2. The average molecular weight is 433 g/mol. The highest BCUT2D eigenvalue weighted by Crippen LogP contribution is 2.68. The molecule has 0 bridgehead atoms. The van der Waals surface area contributed by atoms with Gasteiger partial charge in [0.1, 0.15) is 0 Å². The summed E-state index contributed by atoms with van der Waals surface area (Å²) in [5.41, 5.74) is 0.732. The molecule has 0 aromatic heterocycles. The van der Waals surface area contributed by atoms with Crippen LogP contribution in [-0.4, -0.2) is 22.4 Å². The van der Waals surface area contributed by atoms with Gasteiger partial charge >= 0.3 is 0 Å². The van der Waals surface area contributed by atoms with Gasteiger partial charge in [-0.15, -0.1) is 0 Å². The van der Waals surface area contributed by atoms with Gasteiger partial charge in [-0.05, 0) is 116 Å². The second kappa shape index (κ2) is 8.94. The minimum Gasteiger partial charge on any atom is -0.393 e. The molecule has 0 heterocycles. The Labute approximate surface area is 193 Å². The fourth-order valence-electron chi connectivity index (χ4n) is 9.94. The van der Waals surface area contributed by atoms with E-state index in [0.29, 0.717) is 17.3 Å². The van der Waals surface area contributed by atoms with Crippen LogP contribution >= 0.6 is 0 Å². The van der Waals surface area contributed by atoms with Crippen molar-refractivity contribution in [2.45, 2.75) is 124 Å². The molecule has 4 aliphatic rings. The molecule has 0 aromatic carbocycles. The molecule has 0 unspecified atom stereocenters. The Kier molecular flexibility index (Phi) is 6.93. The molecule has 0 aromatic rings. The van der Waals surface area contributed by atoms with E-state index in [0.717, 1.165) is 61.2 Å². The van der Waals surface area contributed by atoms with Crippen molar-refractivity contribution in [3.05, 3.63) is 0 Å². The molecule has 0 aliphatic heterocycles. The molecule has 31 heavy (non-hydrogen) atoms. The number of aliphatic hydroxyl groups excluding tert-OH is 2. The SMILES string of the molecule is CC[C@H](CC[C@@H](C)[C@H]1CC[C@@H]2[C@@H]3C[C@H](O)[C@H]4C[C@@H](O)CC[C@]4(C)[C@H]3CC[C@@]21C)C(C)C. The number of rotatable bonds is 6. The van der Waals surface area contributed by atoms with E-state index in [9.17, 15) is 10.2 Å². The Balaban J connectivity index is 1.48. The summed E-state index contributed by atoms with van der Waals surface area (Å²) >= 11 is 0. The van der Waals surface area contributed by atoms with E-state index in [1.807, 2.05) is 0 Å². The lowest BCUT2D eigenvalue weighted by atomic mass is 9.43. The number of hydrogen-bond acceptors (Lipinski definition) is 2. The van der Waals surface area contributed by atoms with Crippen LogP contribution in [0.3, 0.4) is 0 Å². The monoisotopic (exact) mass is 432 g/mol. The highest BCUT2D eigenvalue weighted by Gasteiger charge is 2.62. The highest BCUT2D eigenvalue weighted by atomic mass is 16.3. The molecule has 0 saturated heterocycles. The van der Waals surface area contributed by atoms with Gasteiger partial charge in [0.25, 0.3) is 0 Å². The van der Waals surface area contributed by atoms with Gasteiger partial charge in [-0.3, -0.25) is 0 Å². The smallest absolute Gasteiger partial charge is 0.0577 e.